The zero-order valence-corrected chi connectivity index (χ0v) is 13.3. The highest BCUT2D eigenvalue weighted by Crippen LogP contribution is 2.32. The number of nitrogens with two attached hydrogens (primary N) is 1. The molecule has 0 aliphatic rings. The van der Waals surface area contributed by atoms with Crippen LogP contribution < -0.4 is 11.1 Å². The fourth-order valence-electron chi connectivity index (χ4n) is 1.63. The Bertz CT molecular complexity index is 336. The molecule has 0 radical (unpaired) electrons. The van der Waals surface area contributed by atoms with E-state index in [0.29, 0.717) is 5.92 Å². The minimum atomic E-state index is 0.197. The van der Waals surface area contributed by atoms with Gasteiger partial charge in [0.1, 0.15) is 0 Å². The van der Waals surface area contributed by atoms with Gasteiger partial charge in [0.05, 0.1) is 3.79 Å². The lowest BCUT2D eigenvalue weighted by Gasteiger charge is -2.24. The second-order valence-electron chi connectivity index (χ2n) is 5.29. The highest BCUT2D eigenvalue weighted by atomic mass is 79.9. The first-order chi connectivity index (χ1) is 7.95. The highest BCUT2D eigenvalue weighted by Gasteiger charge is 2.21. The molecule has 2 nitrogen and oxygen atoms in total. The molecule has 0 spiro atoms. The van der Waals surface area contributed by atoms with Gasteiger partial charge >= 0.3 is 0 Å². The molecule has 3 N–H and O–H groups in total. The molecule has 0 saturated carbocycles. The Hall–Kier alpha value is 0.1000. The molecule has 1 unspecified atom stereocenters. The number of nitrogens with one attached hydrogen (secondary N) is 1. The Labute approximate surface area is 117 Å². The Kier molecular flexibility index (Phi) is 6.13. The predicted molar refractivity (Wildman–Crippen MR) is 80.8 cm³/mol. The Balaban J connectivity index is 2.35. The van der Waals surface area contributed by atoms with Gasteiger partial charge in [-0.1, -0.05) is 20.8 Å². The van der Waals surface area contributed by atoms with E-state index in [4.69, 9.17) is 5.73 Å². The lowest BCUT2D eigenvalue weighted by Crippen LogP contribution is -2.33. The molecule has 0 saturated heterocycles. The van der Waals surface area contributed by atoms with Crippen LogP contribution in [-0.4, -0.2) is 19.6 Å². The minimum Gasteiger partial charge on any atom is -0.330 e. The summed E-state index contributed by atoms with van der Waals surface area (Å²) >= 11 is 5.34. The maximum Gasteiger partial charge on any atom is 0.0701 e. The molecular weight excluding hydrogens is 296 g/mol. The van der Waals surface area contributed by atoms with Crippen molar-refractivity contribution < 1.29 is 0 Å². The van der Waals surface area contributed by atoms with Crippen molar-refractivity contribution in [1.29, 1.82) is 0 Å². The normalized spacial score (nSPS) is 13.9. The van der Waals surface area contributed by atoms with Crippen LogP contribution in [0.3, 0.4) is 0 Å². The highest BCUT2D eigenvalue weighted by molar-refractivity contribution is 9.11. The van der Waals surface area contributed by atoms with Crippen molar-refractivity contribution >= 4 is 27.3 Å². The SMILES string of the molecule is CC(CN)CCNCC(C)(C)c1ccc(Br)s1. The van der Waals surface area contributed by atoms with Crippen LogP contribution in [-0.2, 0) is 5.41 Å². The molecule has 0 aromatic carbocycles. The van der Waals surface area contributed by atoms with Crippen LogP contribution in [0.1, 0.15) is 32.1 Å². The summed E-state index contributed by atoms with van der Waals surface area (Å²) < 4.78 is 1.21. The second-order valence-corrected chi connectivity index (χ2v) is 7.76. The van der Waals surface area contributed by atoms with E-state index in [1.165, 1.54) is 8.66 Å². The first-order valence-corrected chi connectivity index (χ1v) is 7.73. The second kappa shape index (κ2) is 6.88. The summed E-state index contributed by atoms with van der Waals surface area (Å²) in [7, 11) is 0. The summed E-state index contributed by atoms with van der Waals surface area (Å²) in [5, 5.41) is 3.53. The topological polar surface area (TPSA) is 38.0 Å². The van der Waals surface area contributed by atoms with Crippen LogP contribution >= 0.6 is 27.3 Å². The molecule has 1 atom stereocenters. The fraction of sp³-hybridized carbons (Fsp3) is 0.692. The van der Waals surface area contributed by atoms with Crippen molar-refractivity contribution in [2.24, 2.45) is 11.7 Å². The van der Waals surface area contributed by atoms with Crippen molar-refractivity contribution in [3.63, 3.8) is 0 Å². The third kappa shape index (κ3) is 5.08. The lowest BCUT2D eigenvalue weighted by atomic mass is 9.91. The number of rotatable bonds is 7. The molecule has 1 rings (SSSR count). The van der Waals surface area contributed by atoms with Gasteiger partial charge in [0, 0.05) is 16.8 Å². The van der Waals surface area contributed by atoms with E-state index < -0.39 is 0 Å². The van der Waals surface area contributed by atoms with Gasteiger partial charge in [0.2, 0.25) is 0 Å². The molecule has 4 heteroatoms. The van der Waals surface area contributed by atoms with E-state index in [-0.39, 0.29) is 5.41 Å². The smallest absolute Gasteiger partial charge is 0.0701 e. The average Bonchev–Trinajstić information content (AvgIpc) is 2.71. The van der Waals surface area contributed by atoms with E-state index in [2.05, 4.69) is 54.2 Å². The van der Waals surface area contributed by atoms with E-state index >= 15 is 0 Å². The molecule has 0 aliphatic carbocycles. The zero-order chi connectivity index (χ0) is 12.9. The zero-order valence-electron chi connectivity index (χ0n) is 10.9. The number of hydrogen-bond donors (Lipinski definition) is 2. The molecule has 17 heavy (non-hydrogen) atoms. The standard InChI is InChI=1S/C13H23BrN2S/c1-10(8-15)6-7-16-9-13(2,3)11-4-5-12(14)17-11/h4-5,10,16H,6-9,15H2,1-3H3. The van der Waals surface area contributed by atoms with Gasteiger partial charge in [0.15, 0.2) is 0 Å². The largest absolute Gasteiger partial charge is 0.330 e. The first kappa shape index (κ1) is 15.2. The van der Waals surface area contributed by atoms with Crippen LogP contribution in [0.4, 0.5) is 0 Å². The molecule has 1 aromatic heterocycles. The minimum absolute atomic E-state index is 0.197. The van der Waals surface area contributed by atoms with Crippen LogP contribution in [0.5, 0.6) is 0 Å². The van der Waals surface area contributed by atoms with E-state index in [0.717, 1.165) is 26.1 Å². The lowest BCUT2D eigenvalue weighted by molar-refractivity contribution is 0.445. The van der Waals surface area contributed by atoms with Crippen LogP contribution in [0.25, 0.3) is 0 Å². The Morgan fingerprint density at radius 3 is 2.71 bits per heavy atom. The van der Waals surface area contributed by atoms with Gasteiger partial charge in [-0.2, -0.15) is 0 Å². The summed E-state index contributed by atoms with van der Waals surface area (Å²) in [5.74, 6) is 0.612. The van der Waals surface area contributed by atoms with Crippen molar-refractivity contribution in [2.45, 2.75) is 32.6 Å². The molecule has 0 amide bonds. The van der Waals surface area contributed by atoms with Crippen molar-refractivity contribution in [3.8, 4) is 0 Å². The molecule has 0 bridgehead atoms. The fourth-order valence-corrected chi connectivity index (χ4v) is 3.12. The molecular formula is C13H23BrN2S. The first-order valence-electron chi connectivity index (χ1n) is 6.12. The van der Waals surface area contributed by atoms with Gasteiger partial charge in [-0.3, -0.25) is 0 Å². The maximum atomic E-state index is 5.60. The molecule has 98 valence electrons. The Morgan fingerprint density at radius 2 is 2.18 bits per heavy atom. The van der Waals surface area contributed by atoms with Crippen LogP contribution in [0.15, 0.2) is 15.9 Å². The van der Waals surface area contributed by atoms with Crippen LogP contribution in [0.2, 0.25) is 0 Å². The molecule has 1 heterocycles. The van der Waals surface area contributed by atoms with Crippen molar-refractivity contribution in [3.05, 3.63) is 20.8 Å². The summed E-state index contributed by atoms with van der Waals surface area (Å²) in [6, 6.07) is 4.33. The summed E-state index contributed by atoms with van der Waals surface area (Å²) in [6.07, 6.45) is 1.15. The third-order valence-electron chi connectivity index (χ3n) is 3.02. The quantitative estimate of drug-likeness (QED) is 0.756. The van der Waals surface area contributed by atoms with Gasteiger partial charge in [0.25, 0.3) is 0 Å². The van der Waals surface area contributed by atoms with Crippen molar-refractivity contribution in [2.75, 3.05) is 19.6 Å². The van der Waals surface area contributed by atoms with Gasteiger partial charge in [-0.25, -0.2) is 0 Å². The monoisotopic (exact) mass is 318 g/mol. The van der Waals surface area contributed by atoms with E-state index in [9.17, 15) is 0 Å². The summed E-state index contributed by atoms with van der Waals surface area (Å²) in [4.78, 5) is 1.42. The van der Waals surface area contributed by atoms with Gasteiger partial charge in [-0.05, 0) is 53.5 Å². The summed E-state index contributed by atoms with van der Waals surface area (Å²) in [6.45, 7) is 9.60. The molecule has 1 aromatic rings. The van der Waals surface area contributed by atoms with E-state index in [1.807, 2.05) is 11.3 Å². The van der Waals surface area contributed by atoms with Crippen LogP contribution in [0, 0.1) is 5.92 Å². The number of halogens is 1. The Morgan fingerprint density at radius 1 is 1.47 bits per heavy atom. The number of hydrogen-bond acceptors (Lipinski definition) is 3. The van der Waals surface area contributed by atoms with Gasteiger partial charge in [-0.15, -0.1) is 11.3 Å². The molecule has 0 fully saturated rings. The molecule has 0 aliphatic heterocycles. The third-order valence-corrected chi connectivity index (χ3v) is 5.01. The van der Waals surface area contributed by atoms with E-state index in [1.54, 1.807) is 0 Å². The average molecular weight is 319 g/mol. The van der Waals surface area contributed by atoms with Crippen molar-refractivity contribution in [1.82, 2.24) is 5.32 Å². The predicted octanol–water partition coefficient (Wildman–Crippen LogP) is 3.36. The number of thiophene rings is 1. The maximum absolute atomic E-state index is 5.60. The van der Waals surface area contributed by atoms with Gasteiger partial charge < -0.3 is 11.1 Å². The summed E-state index contributed by atoms with van der Waals surface area (Å²) in [5.41, 5.74) is 5.80.